The standard InChI is InChI=1S/C16H31N3O2/c1-5-17-15(21)19-14(20)13(4)18-11-16(10-12(2)3)8-6-7-9-16/h12-13,18H,5-11H2,1-4H3,(H2,17,19,20,21). The highest BCUT2D eigenvalue weighted by atomic mass is 16.2. The zero-order chi connectivity index (χ0) is 15.9. The fraction of sp³-hybridized carbons (Fsp3) is 0.875. The zero-order valence-corrected chi connectivity index (χ0v) is 13.9. The highest BCUT2D eigenvalue weighted by Crippen LogP contribution is 2.42. The molecule has 1 fully saturated rings. The minimum Gasteiger partial charge on any atom is -0.338 e. The predicted octanol–water partition coefficient (Wildman–Crippen LogP) is 2.42. The van der Waals surface area contributed by atoms with E-state index in [4.69, 9.17) is 0 Å². The van der Waals surface area contributed by atoms with Gasteiger partial charge in [0, 0.05) is 13.1 Å². The van der Waals surface area contributed by atoms with Gasteiger partial charge >= 0.3 is 6.03 Å². The number of nitrogens with one attached hydrogen (secondary N) is 3. The molecule has 1 atom stereocenters. The quantitative estimate of drug-likeness (QED) is 0.676. The van der Waals surface area contributed by atoms with E-state index in [-0.39, 0.29) is 11.9 Å². The van der Waals surface area contributed by atoms with Crippen LogP contribution in [0.4, 0.5) is 4.79 Å². The van der Waals surface area contributed by atoms with E-state index in [0.29, 0.717) is 17.9 Å². The van der Waals surface area contributed by atoms with E-state index in [1.165, 1.54) is 32.1 Å². The summed E-state index contributed by atoms with van der Waals surface area (Å²) >= 11 is 0. The lowest BCUT2D eigenvalue weighted by Gasteiger charge is -2.32. The minimum absolute atomic E-state index is 0.265. The number of imide groups is 1. The molecule has 5 heteroatoms. The maximum atomic E-state index is 11.9. The van der Waals surface area contributed by atoms with Gasteiger partial charge in [0.1, 0.15) is 0 Å². The van der Waals surface area contributed by atoms with Crippen molar-refractivity contribution in [3.05, 3.63) is 0 Å². The fourth-order valence-electron chi connectivity index (χ4n) is 3.33. The summed E-state index contributed by atoms with van der Waals surface area (Å²) in [6, 6.07) is -0.772. The van der Waals surface area contributed by atoms with Crippen LogP contribution in [0.5, 0.6) is 0 Å². The normalized spacial score (nSPS) is 18.5. The molecule has 0 aromatic carbocycles. The van der Waals surface area contributed by atoms with E-state index in [1.807, 2.05) is 13.8 Å². The van der Waals surface area contributed by atoms with E-state index < -0.39 is 6.03 Å². The smallest absolute Gasteiger partial charge is 0.321 e. The molecule has 0 aromatic heterocycles. The summed E-state index contributed by atoms with van der Waals surface area (Å²) in [7, 11) is 0. The second-order valence-corrected chi connectivity index (χ2v) is 6.76. The van der Waals surface area contributed by atoms with Crippen LogP contribution in [0.1, 0.15) is 59.8 Å². The Morgan fingerprint density at radius 1 is 1.14 bits per heavy atom. The topological polar surface area (TPSA) is 70.2 Å². The molecule has 0 aliphatic heterocycles. The SMILES string of the molecule is CCNC(=O)NC(=O)C(C)NCC1(CC(C)C)CCCC1. The molecular weight excluding hydrogens is 266 g/mol. The van der Waals surface area contributed by atoms with Crippen LogP contribution in [0.25, 0.3) is 0 Å². The third-order valence-electron chi connectivity index (χ3n) is 4.26. The van der Waals surface area contributed by atoms with Crippen LogP contribution >= 0.6 is 0 Å². The van der Waals surface area contributed by atoms with Crippen molar-refractivity contribution in [1.29, 1.82) is 0 Å². The molecule has 0 heterocycles. The number of urea groups is 1. The Morgan fingerprint density at radius 2 is 1.76 bits per heavy atom. The van der Waals surface area contributed by atoms with E-state index in [2.05, 4.69) is 29.8 Å². The molecular formula is C16H31N3O2. The van der Waals surface area contributed by atoms with Crippen LogP contribution in [0.3, 0.4) is 0 Å². The number of amides is 3. The van der Waals surface area contributed by atoms with Gasteiger partial charge in [-0.05, 0) is 44.4 Å². The summed E-state index contributed by atoms with van der Waals surface area (Å²) in [5, 5.41) is 8.25. The first-order chi connectivity index (χ1) is 9.88. The lowest BCUT2D eigenvalue weighted by molar-refractivity contribution is -0.121. The number of carbonyl (C=O) groups excluding carboxylic acids is 2. The molecule has 0 radical (unpaired) electrons. The van der Waals surface area contributed by atoms with Gasteiger partial charge in [-0.1, -0.05) is 26.7 Å². The molecule has 0 bridgehead atoms. The Morgan fingerprint density at radius 3 is 2.29 bits per heavy atom. The van der Waals surface area contributed by atoms with Gasteiger partial charge in [-0.25, -0.2) is 4.79 Å². The summed E-state index contributed by atoms with van der Waals surface area (Å²) in [5.41, 5.74) is 0.328. The lowest BCUT2D eigenvalue weighted by Crippen LogP contribution is -2.50. The zero-order valence-electron chi connectivity index (χ0n) is 13.9. The predicted molar refractivity (Wildman–Crippen MR) is 85.0 cm³/mol. The second kappa shape index (κ2) is 8.37. The molecule has 1 unspecified atom stereocenters. The van der Waals surface area contributed by atoms with Crippen molar-refractivity contribution >= 4 is 11.9 Å². The van der Waals surface area contributed by atoms with Crippen molar-refractivity contribution in [2.24, 2.45) is 11.3 Å². The van der Waals surface area contributed by atoms with Crippen LogP contribution in [0, 0.1) is 11.3 Å². The number of hydrogen-bond acceptors (Lipinski definition) is 3. The van der Waals surface area contributed by atoms with Gasteiger partial charge in [0.15, 0.2) is 0 Å². The molecule has 3 N–H and O–H groups in total. The number of carbonyl (C=O) groups is 2. The average Bonchev–Trinajstić information content (AvgIpc) is 2.84. The van der Waals surface area contributed by atoms with Crippen molar-refractivity contribution in [2.75, 3.05) is 13.1 Å². The second-order valence-electron chi connectivity index (χ2n) is 6.76. The van der Waals surface area contributed by atoms with Gasteiger partial charge in [0.25, 0.3) is 0 Å². The van der Waals surface area contributed by atoms with Crippen LogP contribution < -0.4 is 16.0 Å². The first-order valence-corrected chi connectivity index (χ1v) is 8.20. The lowest BCUT2D eigenvalue weighted by atomic mass is 9.78. The molecule has 1 rings (SSSR count). The van der Waals surface area contributed by atoms with Crippen molar-refractivity contribution in [3.63, 3.8) is 0 Å². The van der Waals surface area contributed by atoms with E-state index in [9.17, 15) is 9.59 Å². The molecule has 21 heavy (non-hydrogen) atoms. The summed E-state index contributed by atoms with van der Waals surface area (Å²) in [5.74, 6) is 0.406. The maximum absolute atomic E-state index is 11.9. The number of hydrogen-bond donors (Lipinski definition) is 3. The average molecular weight is 297 g/mol. The van der Waals surface area contributed by atoms with Gasteiger partial charge in [-0.2, -0.15) is 0 Å². The van der Waals surface area contributed by atoms with Crippen molar-refractivity contribution < 1.29 is 9.59 Å². The highest BCUT2D eigenvalue weighted by molar-refractivity contribution is 5.96. The molecule has 1 aliphatic rings. The van der Waals surface area contributed by atoms with Crippen LogP contribution in [0.2, 0.25) is 0 Å². The van der Waals surface area contributed by atoms with E-state index >= 15 is 0 Å². The largest absolute Gasteiger partial charge is 0.338 e. The third kappa shape index (κ3) is 6.04. The summed E-state index contributed by atoms with van der Waals surface area (Å²) in [6.07, 6.45) is 6.25. The van der Waals surface area contributed by atoms with Gasteiger partial charge in [0.05, 0.1) is 6.04 Å². The van der Waals surface area contributed by atoms with Crippen LogP contribution in [0.15, 0.2) is 0 Å². The Balaban J connectivity index is 2.44. The third-order valence-corrected chi connectivity index (χ3v) is 4.26. The monoisotopic (exact) mass is 297 g/mol. The summed E-state index contributed by atoms with van der Waals surface area (Å²) in [4.78, 5) is 23.3. The van der Waals surface area contributed by atoms with Crippen molar-refractivity contribution in [3.8, 4) is 0 Å². The Hall–Kier alpha value is -1.10. The Kier molecular flexibility index (Phi) is 7.15. The van der Waals surface area contributed by atoms with Crippen LogP contribution in [-0.2, 0) is 4.79 Å². The first-order valence-electron chi connectivity index (χ1n) is 8.20. The highest BCUT2D eigenvalue weighted by Gasteiger charge is 2.34. The van der Waals surface area contributed by atoms with Crippen molar-refractivity contribution in [2.45, 2.75) is 65.8 Å². The molecule has 122 valence electrons. The Bertz CT molecular complexity index is 349. The summed E-state index contributed by atoms with van der Waals surface area (Å²) in [6.45, 7) is 9.51. The van der Waals surface area contributed by atoms with Gasteiger partial charge in [-0.15, -0.1) is 0 Å². The van der Waals surface area contributed by atoms with Gasteiger partial charge in [-0.3, -0.25) is 10.1 Å². The molecule has 0 saturated heterocycles. The maximum Gasteiger partial charge on any atom is 0.321 e. The molecule has 0 spiro atoms. The number of rotatable bonds is 7. The molecule has 1 aliphatic carbocycles. The molecule has 3 amide bonds. The van der Waals surface area contributed by atoms with Crippen molar-refractivity contribution in [1.82, 2.24) is 16.0 Å². The van der Waals surface area contributed by atoms with E-state index in [1.54, 1.807) is 0 Å². The van der Waals surface area contributed by atoms with Gasteiger partial charge in [0.2, 0.25) is 5.91 Å². The van der Waals surface area contributed by atoms with Gasteiger partial charge < -0.3 is 10.6 Å². The fourth-order valence-corrected chi connectivity index (χ4v) is 3.33. The molecule has 1 saturated carbocycles. The van der Waals surface area contributed by atoms with E-state index in [0.717, 1.165) is 6.54 Å². The molecule has 5 nitrogen and oxygen atoms in total. The first kappa shape index (κ1) is 18.0. The summed E-state index contributed by atoms with van der Waals surface area (Å²) < 4.78 is 0. The minimum atomic E-state index is -0.422. The van der Waals surface area contributed by atoms with Crippen LogP contribution in [-0.4, -0.2) is 31.1 Å². The Labute approximate surface area is 128 Å². The molecule has 0 aromatic rings.